The lowest BCUT2D eigenvalue weighted by atomic mass is 10.1. The second kappa shape index (κ2) is 4.40. The Hall–Kier alpha value is -1.64. The van der Waals surface area contributed by atoms with E-state index in [0.29, 0.717) is 5.57 Å². The molecule has 0 fully saturated rings. The fourth-order valence-electron chi connectivity index (χ4n) is 0.985. The largest absolute Gasteiger partial charge is 0.383 e. The van der Waals surface area contributed by atoms with Crippen LogP contribution in [0.1, 0.15) is 5.56 Å². The minimum atomic E-state index is 0.637. The molecule has 0 N–H and O–H groups in total. The molecule has 0 aliphatic heterocycles. The first kappa shape index (κ1) is 9.45. The number of allylic oxidation sites excluding steroid dienone is 1. The van der Waals surface area contributed by atoms with E-state index in [1.165, 1.54) is 0 Å². The summed E-state index contributed by atoms with van der Waals surface area (Å²) in [5.41, 5.74) is 1.48. The molecule has 0 aromatic carbocycles. The van der Waals surface area contributed by atoms with Gasteiger partial charge in [0.25, 0.3) is 0 Å². The zero-order chi connectivity index (χ0) is 9.68. The number of rotatable bonds is 3. The lowest BCUT2D eigenvalue weighted by Gasteiger charge is -2.06. The van der Waals surface area contributed by atoms with E-state index in [2.05, 4.69) is 4.98 Å². The normalized spacial score (nSPS) is 11.1. The van der Waals surface area contributed by atoms with Gasteiger partial charge in [-0.15, -0.1) is 0 Å². The van der Waals surface area contributed by atoms with Gasteiger partial charge in [0.1, 0.15) is 0 Å². The van der Waals surface area contributed by atoms with E-state index in [0.717, 1.165) is 11.8 Å². The zero-order valence-corrected chi connectivity index (χ0v) is 7.77. The molecule has 0 aliphatic carbocycles. The van der Waals surface area contributed by atoms with Crippen molar-refractivity contribution in [3.8, 4) is 0 Å². The fraction of sp³-hybridized carbons (Fsp3) is 0.200. The molecule has 3 heteroatoms. The van der Waals surface area contributed by atoms with Crippen LogP contribution in [0.2, 0.25) is 0 Å². The summed E-state index contributed by atoms with van der Waals surface area (Å²) >= 11 is 0. The molecule has 68 valence electrons. The van der Waals surface area contributed by atoms with E-state index in [9.17, 15) is 4.79 Å². The van der Waals surface area contributed by atoms with Crippen molar-refractivity contribution in [2.24, 2.45) is 0 Å². The van der Waals surface area contributed by atoms with Crippen LogP contribution in [0.15, 0.2) is 30.7 Å². The van der Waals surface area contributed by atoms with Crippen LogP contribution in [0.25, 0.3) is 5.57 Å². The van der Waals surface area contributed by atoms with Crippen molar-refractivity contribution in [2.45, 2.75) is 0 Å². The highest BCUT2D eigenvalue weighted by atomic mass is 16.1. The number of carbonyl (C=O) groups is 1. The Morgan fingerprint density at radius 1 is 1.54 bits per heavy atom. The molecule has 0 spiro atoms. The monoisotopic (exact) mass is 176 g/mol. The topological polar surface area (TPSA) is 33.2 Å². The number of hydrogen-bond donors (Lipinski definition) is 0. The third-order valence-electron chi connectivity index (χ3n) is 1.52. The molecule has 1 heterocycles. The summed E-state index contributed by atoms with van der Waals surface area (Å²) in [4.78, 5) is 16.5. The first-order valence-corrected chi connectivity index (χ1v) is 3.98. The van der Waals surface area contributed by atoms with Crippen LogP contribution in [0.3, 0.4) is 0 Å². The zero-order valence-electron chi connectivity index (χ0n) is 7.77. The van der Waals surface area contributed by atoms with Gasteiger partial charge in [-0.3, -0.25) is 9.78 Å². The van der Waals surface area contributed by atoms with Crippen LogP contribution in [-0.4, -0.2) is 30.3 Å². The van der Waals surface area contributed by atoms with Crippen molar-refractivity contribution >= 4 is 11.9 Å². The summed E-state index contributed by atoms with van der Waals surface area (Å²) in [5, 5.41) is 0. The Morgan fingerprint density at radius 3 is 2.77 bits per heavy atom. The molecular formula is C10H12N2O. The molecule has 1 rings (SSSR count). The van der Waals surface area contributed by atoms with Crippen LogP contribution in [0.4, 0.5) is 0 Å². The van der Waals surface area contributed by atoms with E-state index in [1.807, 2.05) is 31.1 Å². The third-order valence-corrected chi connectivity index (χ3v) is 1.52. The second-order valence-electron chi connectivity index (χ2n) is 2.91. The Kier molecular flexibility index (Phi) is 3.20. The minimum Gasteiger partial charge on any atom is -0.383 e. The van der Waals surface area contributed by atoms with Gasteiger partial charge in [0.05, 0.1) is 0 Å². The maximum absolute atomic E-state index is 10.7. The number of hydrogen-bond acceptors (Lipinski definition) is 3. The molecule has 0 saturated carbocycles. The van der Waals surface area contributed by atoms with Gasteiger partial charge in [0.15, 0.2) is 6.29 Å². The molecular weight excluding hydrogens is 164 g/mol. The Balaban J connectivity index is 2.98. The molecule has 0 aliphatic rings. The van der Waals surface area contributed by atoms with Crippen molar-refractivity contribution in [3.63, 3.8) is 0 Å². The average Bonchev–Trinajstić information content (AvgIpc) is 2.15. The average molecular weight is 176 g/mol. The van der Waals surface area contributed by atoms with Crippen molar-refractivity contribution < 1.29 is 4.79 Å². The van der Waals surface area contributed by atoms with Gasteiger partial charge < -0.3 is 4.90 Å². The van der Waals surface area contributed by atoms with Crippen molar-refractivity contribution in [1.29, 1.82) is 0 Å². The lowest BCUT2D eigenvalue weighted by molar-refractivity contribution is -0.103. The van der Waals surface area contributed by atoms with Gasteiger partial charge in [-0.1, -0.05) is 6.07 Å². The molecule has 3 nitrogen and oxygen atoms in total. The smallest absolute Gasteiger partial charge is 0.152 e. The van der Waals surface area contributed by atoms with E-state index < -0.39 is 0 Å². The molecule has 0 radical (unpaired) electrons. The molecule has 0 bridgehead atoms. The van der Waals surface area contributed by atoms with Gasteiger partial charge in [-0.05, 0) is 6.07 Å². The molecule has 13 heavy (non-hydrogen) atoms. The molecule has 1 aromatic heterocycles. The Morgan fingerprint density at radius 2 is 2.31 bits per heavy atom. The lowest BCUT2D eigenvalue weighted by Crippen LogP contribution is -2.03. The number of aromatic nitrogens is 1. The number of pyridine rings is 1. The standard InChI is InChI=1S/C10H12N2O/c1-12(2)7-10(8-13)9-4-3-5-11-6-9/h3-8H,1-2H3. The van der Waals surface area contributed by atoms with Gasteiger partial charge in [-0.2, -0.15) is 0 Å². The second-order valence-corrected chi connectivity index (χ2v) is 2.91. The minimum absolute atomic E-state index is 0.637. The van der Waals surface area contributed by atoms with Crippen LogP contribution in [0, 0.1) is 0 Å². The summed E-state index contributed by atoms with van der Waals surface area (Å²) < 4.78 is 0. The molecule has 0 unspecified atom stereocenters. The SMILES string of the molecule is CN(C)C=C(C=O)c1cccnc1. The third kappa shape index (κ3) is 2.71. The summed E-state index contributed by atoms with van der Waals surface area (Å²) in [6.45, 7) is 0. The molecule has 0 atom stereocenters. The predicted octanol–water partition coefficient (Wildman–Crippen LogP) is 1.18. The van der Waals surface area contributed by atoms with Gasteiger partial charge in [0, 0.05) is 43.8 Å². The molecule has 1 aromatic rings. The van der Waals surface area contributed by atoms with Crippen molar-refractivity contribution in [1.82, 2.24) is 9.88 Å². The first-order chi connectivity index (χ1) is 6.24. The molecule has 0 saturated heterocycles. The maximum atomic E-state index is 10.7. The van der Waals surface area contributed by atoms with E-state index >= 15 is 0 Å². The maximum Gasteiger partial charge on any atom is 0.152 e. The van der Waals surface area contributed by atoms with Crippen LogP contribution in [-0.2, 0) is 4.79 Å². The highest BCUT2D eigenvalue weighted by molar-refractivity contribution is 6.06. The van der Waals surface area contributed by atoms with Crippen LogP contribution < -0.4 is 0 Å². The summed E-state index contributed by atoms with van der Waals surface area (Å²) in [7, 11) is 3.75. The highest BCUT2D eigenvalue weighted by Gasteiger charge is 1.99. The van der Waals surface area contributed by atoms with Crippen molar-refractivity contribution in [3.05, 3.63) is 36.3 Å². The number of carbonyl (C=O) groups excluding carboxylic acids is 1. The van der Waals surface area contributed by atoms with Crippen LogP contribution >= 0.6 is 0 Å². The van der Waals surface area contributed by atoms with Gasteiger partial charge in [-0.25, -0.2) is 0 Å². The first-order valence-electron chi connectivity index (χ1n) is 3.98. The van der Waals surface area contributed by atoms with E-state index in [4.69, 9.17) is 0 Å². The van der Waals surface area contributed by atoms with E-state index in [1.54, 1.807) is 18.6 Å². The number of aldehydes is 1. The van der Waals surface area contributed by atoms with E-state index in [-0.39, 0.29) is 0 Å². The quantitative estimate of drug-likeness (QED) is 0.512. The van der Waals surface area contributed by atoms with Crippen LogP contribution in [0.5, 0.6) is 0 Å². The molecule has 0 amide bonds. The summed E-state index contributed by atoms with van der Waals surface area (Å²) in [6, 6.07) is 3.67. The summed E-state index contributed by atoms with van der Waals surface area (Å²) in [6.07, 6.45) is 5.95. The fourth-order valence-corrected chi connectivity index (χ4v) is 0.985. The van der Waals surface area contributed by atoms with Gasteiger partial charge >= 0.3 is 0 Å². The van der Waals surface area contributed by atoms with Crippen molar-refractivity contribution in [2.75, 3.05) is 14.1 Å². The summed E-state index contributed by atoms with van der Waals surface area (Å²) in [5.74, 6) is 0. The number of nitrogens with zero attached hydrogens (tertiary/aromatic N) is 2. The predicted molar refractivity (Wildman–Crippen MR) is 52.0 cm³/mol. The Bertz CT molecular complexity index is 304. The van der Waals surface area contributed by atoms with Gasteiger partial charge in [0.2, 0.25) is 0 Å². The highest BCUT2D eigenvalue weighted by Crippen LogP contribution is 2.09. The Labute approximate surface area is 77.7 Å².